The molecule has 0 saturated heterocycles. The molecule has 0 saturated carbocycles. The highest BCUT2D eigenvalue weighted by atomic mass is 16.3. The van der Waals surface area contributed by atoms with Crippen molar-refractivity contribution in [3.05, 3.63) is 518 Å². The van der Waals surface area contributed by atoms with Gasteiger partial charge in [0.1, 0.15) is 44.7 Å². The van der Waals surface area contributed by atoms with E-state index in [1.165, 1.54) is 66.8 Å². The lowest BCUT2D eigenvalue weighted by Crippen LogP contribution is -2.28. The summed E-state index contributed by atoms with van der Waals surface area (Å²) in [7, 11) is 0. The molecule has 24 aromatic rings. The molecule has 4 aromatic heterocycles. The van der Waals surface area contributed by atoms with E-state index in [1.54, 1.807) is 0 Å². The first-order valence-electron chi connectivity index (χ1n) is 43.8. The van der Waals surface area contributed by atoms with Crippen molar-refractivity contribution in [1.82, 2.24) is 0 Å². The van der Waals surface area contributed by atoms with Crippen LogP contribution in [0.2, 0.25) is 0 Å². The summed E-state index contributed by atoms with van der Waals surface area (Å²) in [6.07, 6.45) is 0. The molecule has 2 aliphatic carbocycles. The van der Waals surface area contributed by atoms with Gasteiger partial charge in [0, 0.05) is 82.5 Å². The quantitative estimate of drug-likeness (QED) is 0.108. The number of hydrogen-bond donors (Lipinski definition) is 0. The van der Waals surface area contributed by atoms with Crippen LogP contribution in [0.4, 0.5) is 34.1 Å². The Labute approximate surface area is 739 Å². The molecule has 4 heterocycles. The molecule has 0 amide bonds. The fraction of sp³-hybridized carbons (Fsp3) is 0.0164. The van der Waals surface area contributed by atoms with Gasteiger partial charge < -0.3 is 27.5 Å². The topological polar surface area (TPSA) is 59.0 Å². The van der Waals surface area contributed by atoms with Crippen LogP contribution in [-0.4, -0.2) is 0 Å². The molecule has 0 unspecified atom stereocenters. The molecule has 0 bridgehead atoms. The number of anilines is 6. The van der Waals surface area contributed by atoms with E-state index < -0.39 is 10.8 Å². The van der Waals surface area contributed by atoms with Gasteiger partial charge in [-0.25, -0.2) is 0 Å². The standard InChI is InChI=1S/2C61H39NO2/c1-3-15-43(16-4-1)61(44-17-5-2-6-18-44)53-24-10-7-21-52(53)59-54(61)25-14-26-55(59)62(45-34-29-40(30-35-45)42-33-38-50-48-19-8-11-27-56(48)63-58(50)39-42)46-36-31-41(32-37-46)47-22-13-23-51-49-20-9-12-28-57(49)64-60(47)51;1-3-14-44(15-4-1)61(45-16-5-2-6-17-45)53-21-10-7-20-52(53)60-54(61)22-13-23-55(60)62(46-32-26-40(27-33-46)42-30-36-50-48-18-8-11-24-56(48)63-58(50)38-42)47-34-28-41(29-35-47)43-31-37-51-49-19-9-12-25-57(49)64-59(51)39-43/h2*1-39H. The minimum absolute atomic E-state index is 0.519. The number of para-hydroxylation sites is 5. The second-order valence-corrected chi connectivity index (χ2v) is 33.5. The second-order valence-electron chi connectivity index (χ2n) is 33.5. The summed E-state index contributed by atoms with van der Waals surface area (Å²) >= 11 is 0. The highest BCUT2D eigenvalue weighted by molar-refractivity contribution is 6.12. The molecule has 26 rings (SSSR count). The Morgan fingerprint density at radius 3 is 0.781 bits per heavy atom. The van der Waals surface area contributed by atoms with Gasteiger partial charge >= 0.3 is 0 Å². The van der Waals surface area contributed by atoms with Crippen molar-refractivity contribution in [2.24, 2.45) is 0 Å². The average molecular weight is 1640 g/mol. The summed E-state index contributed by atoms with van der Waals surface area (Å²) in [6, 6.07) is 171. The third-order valence-corrected chi connectivity index (χ3v) is 26.8. The molecular formula is C122H78N2O4. The Morgan fingerprint density at radius 2 is 0.422 bits per heavy atom. The van der Waals surface area contributed by atoms with E-state index in [0.717, 1.165) is 166 Å². The molecule has 128 heavy (non-hydrogen) atoms. The minimum atomic E-state index is -0.523. The Balaban J connectivity index is 0.000000139. The van der Waals surface area contributed by atoms with E-state index in [4.69, 9.17) is 17.7 Å². The van der Waals surface area contributed by atoms with E-state index in [2.05, 4.69) is 434 Å². The van der Waals surface area contributed by atoms with Gasteiger partial charge in [-0.15, -0.1) is 0 Å². The van der Waals surface area contributed by atoms with Crippen molar-refractivity contribution >= 4 is 122 Å². The van der Waals surface area contributed by atoms with Gasteiger partial charge in [-0.05, 0) is 216 Å². The number of hydrogen-bond acceptors (Lipinski definition) is 6. The molecule has 2 aliphatic rings. The van der Waals surface area contributed by atoms with Crippen LogP contribution < -0.4 is 9.80 Å². The lowest BCUT2D eigenvalue weighted by atomic mass is 9.68. The maximum Gasteiger partial charge on any atom is 0.143 e. The molecule has 20 aromatic carbocycles. The van der Waals surface area contributed by atoms with Crippen LogP contribution in [0.25, 0.3) is 155 Å². The molecule has 0 fully saturated rings. The van der Waals surface area contributed by atoms with Crippen LogP contribution in [0.5, 0.6) is 0 Å². The molecule has 6 heteroatoms. The van der Waals surface area contributed by atoms with E-state index in [1.807, 2.05) is 48.5 Å². The number of rotatable bonds is 14. The Bertz CT molecular complexity index is 8180. The molecule has 0 N–H and O–H groups in total. The third-order valence-electron chi connectivity index (χ3n) is 26.8. The summed E-state index contributed by atoms with van der Waals surface area (Å²) in [5, 5.41) is 9.04. The lowest BCUT2D eigenvalue weighted by Gasteiger charge is -2.34. The number of benzene rings is 20. The molecular weight excluding hydrogens is 1560 g/mol. The van der Waals surface area contributed by atoms with Crippen molar-refractivity contribution < 1.29 is 17.7 Å². The van der Waals surface area contributed by atoms with Crippen molar-refractivity contribution in [3.63, 3.8) is 0 Å². The molecule has 6 nitrogen and oxygen atoms in total. The van der Waals surface area contributed by atoms with Gasteiger partial charge in [0.05, 0.1) is 22.2 Å². The normalized spacial score (nSPS) is 12.8. The van der Waals surface area contributed by atoms with Crippen LogP contribution in [0, 0.1) is 0 Å². The van der Waals surface area contributed by atoms with Crippen molar-refractivity contribution in [3.8, 4) is 66.8 Å². The summed E-state index contributed by atoms with van der Waals surface area (Å²) in [5.74, 6) is 0. The van der Waals surface area contributed by atoms with E-state index in [0.29, 0.717) is 0 Å². The Hall–Kier alpha value is -16.8. The first-order valence-corrected chi connectivity index (χ1v) is 43.8. The fourth-order valence-electron chi connectivity index (χ4n) is 21.1. The first kappa shape index (κ1) is 73.9. The second kappa shape index (κ2) is 30.0. The van der Waals surface area contributed by atoms with Crippen LogP contribution in [-0.2, 0) is 10.8 Å². The molecule has 0 aliphatic heterocycles. The van der Waals surface area contributed by atoms with E-state index >= 15 is 0 Å². The predicted molar refractivity (Wildman–Crippen MR) is 528 cm³/mol. The largest absolute Gasteiger partial charge is 0.456 e. The van der Waals surface area contributed by atoms with Crippen molar-refractivity contribution in [2.75, 3.05) is 9.80 Å². The smallest absolute Gasteiger partial charge is 0.143 e. The zero-order valence-electron chi connectivity index (χ0n) is 69.6. The average Bonchev–Trinajstić information content (AvgIpc) is 1.53. The monoisotopic (exact) mass is 1630 g/mol. The Kier molecular flexibility index (Phi) is 17.3. The SMILES string of the molecule is c1ccc(C2(c3ccccc3)c3ccccc3-c3c(N(c4ccc(-c5ccc6c(c5)oc5ccccc56)cc4)c4ccc(-c5ccc6c(c5)oc5ccccc56)cc4)cccc32)cc1.c1ccc(C2(c3ccccc3)c3ccccc3-c3c(N(c4ccc(-c5ccc6c(c5)oc5ccccc56)cc4)c4ccc(-c5cccc6c5oc5ccccc56)cc4)cccc32)cc1. The van der Waals surface area contributed by atoms with E-state index in [-0.39, 0.29) is 0 Å². The van der Waals surface area contributed by atoms with Gasteiger partial charge in [-0.2, -0.15) is 0 Å². The fourth-order valence-corrected chi connectivity index (χ4v) is 21.1. The number of nitrogens with zero attached hydrogens (tertiary/aromatic N) is 2. The van der Waals surface area contributed by atoms with Crippen LogP contribution in [0.15, 0.2) is 491 Å². The summed E-state index contributed by atoms with van der Waals surface area (Å²) in [6.45, 7) is 0. The summed E-state index contributed by atoms with van der Waals surface area (Å²) < 4.78 is 25.4. The van der Waals surface area contributed by atoms with Crippen LogP contribution in [0.1, 0.15) is 44.5 Å². The molecule has 600 valence electrons. The lowest BCUT2D eigenvalue weighted by molar-refractivity contribution is 0.668. The third kappa shape index (κ3) is 11.7. The van der Waals surface area contributed by atoms with Crippen molar-refractivity contribution in [2.45, 2.75) is 10.8 Å². The predicted octanol–water partition coefficient (Wildman–Crippen LogP) is 33.3. The molecule has 0 atom stereocenters. The summed E-state index contributed by atoms with van der Waals surface area (Å²) in [4.78, 5) is 4.86. The zero-order valence-corrected chi connectivity index (χ0v) is 69.6. The number of fused-ring (bicyclic) bond motifs is 18. The van der Waals surface area contributed by atoms with Gasteiger partial charge in [0.25, 0.3) is 0 Å². The van der Waals surface area contributed by atoms with E-state index in [9.17, 15) is 0 Å². The van der Waals surface area contributed by atoms with Crippen LogP contribution >= 0.6 is 0 Å². The molecule has 0 spiro atoms. The highest BCUT2D eigenvalue weighted by Crippen LogP contribution is 2.62. The minimum Gasteiger partial charge on any atom is -0.456 e. The Morgan fingerprint density at radius 1 is 0.164 bits per heavy atom. The number of furan rings is 4. The zero-order chi connectivity index (χ0) is 84.4. The maximum atomic E-state index is 6.50. The highest BCUT2D eigenvalue weighted by Gasteiger charge is 2.49. The summed E-state index contributed by atoms with van der Waals surface area (Å²) in [5.41, 5.74) is 36.5. The van der Waals surface area contributed by atoms with Crippen LogP contribution in [0.3, 0.4) is 0 Å². The first-order chi connectivity index (χ1) is 63.5. The molecule has 0 radical (unpaired) electrons. The van der Waals surface area contributed by atoms with Gasteiger partial charge in [0.15, 0.2) is 0 Å². The van der Waals surface area contributed by atoms with Gasteiger partial charge in [0.2, 0.25) is 0 Å². The van der Waals surface area contributed by atoms with Gasteiger partial charge in [-0.3, -0.25) is 0 Å². The van der Waals surface area contributed by atoms with Gasteiger partial charge in [-0.1, -0.05) is 352 Å². The van der Waals surface area contributed by atoms with Crippen molar-refractivity contribution in [1.29, 1.82) is 0 Å². The maximum absolute atomic E-state index is 6.50.